The van der Waals surface area contributed by atoms with E-state index in [0.717, 1.165) is 22.3 Å². The summed E-state index contributed by atoms with van der Waals surface area (Å²) < 4.78 is 10.2. The van der Waals surface area contributed by atoms with E-state index in [0.29, 0.717) is 11.3 Å². The molecule has 0 saturated carbocycles. The molecule has 0 aromatic heterocycles. The molecular formula is C39H41N3O6. The number of ether oxygens (including phenoxy) is 2. The molecule has 248 valence electrons. The summed E-state index contributed by atoms with van der Waals surface area (Å²) in [5.41, 5.74) is 3.78. The highest BCUT2D eigenvalue weighted by atomic mass is 16.6. The van der Waals surface area contributed by atoms with Gasteiger partial charge in [0, 0.05) is 18.5 Å². The number of alkyl carbamates (subject to hydrolysis) is 1. The van der Waals surface area contributed by atoms with Crippen LogP contribution >= 0.6 is 0 Å². The molecule has 0 aliphatic rings. The van der Waals surface area contributed by atoms with Gasteiger partial charge < -0.3 is 25.4 Å². The fraction of sp³-hybridized carbons (Fsp3) is 0.231. The molecule has 4 aromatic carbocycles. The van der Waals surface area contributed by atoms with Crippen LogP contribution in [0.2, 0.25) is 0 Å². The number of esters is 1. The van der Waals surface area contributed by atoms with Gasteiger partial charge in [-0.15, -0.1) is 0 Å². The van der Waals surface area contributed by atoms with E-state index in [-0.39, 0.29) is 12.8 Å². The summed E-state index contributed by atoms with van der Waals surface area (Å²) in [6, 6.07) is 31.1. The van der Waals surface area contributed by atoms with Crippen molar-refractivity contribution in [1.82, 2.24) is 10.6 Å². The van der Waals surface area contributed by atoms with E-state index in [4.69, 9.17) is 9.47 Å². The van der Waals surface area contributed by atoms with E-state index in [1.165, 1.54) is 7.11 Å². The minimum absolute atomic E-state index is 0.204. The van der Waals surface area contributed by atoms with Crippen LogP contribution in [0, 0.1) is 0 Å². The Morgan fingerprint density at radius 3 is 1.60 bits per heavy atom. The van der Waals surface area contributed by atoms with Crippen LogP contribution in [-0.4, -0.2) is 48.7 Å². The predicted molar refractivity (Wildman–Crippen MR) is 187 cm³/mol. The Bertz CT molecular complexity index is 1700. The maximum absolute atomic E-state index is 13.7. The van der Waals surface area contributed by atoms with Crippen molar-refractivity contribution in [3.8, 4) is 0 Å². The molecule has 0 aliphatic heterocycles. The van der Waals surface area contributed by atoms with Crippen LogP contribution in [0.3, 0.4) is 0 Å². The number of carbonyl (C=O) groups is 4. The van der Waals surface area contributed by atoms with E-state index >= 15 is 0 Å². The van der Waals surface area contributed by atoms with Crippen LogP contribution < -0.4 is 16.0 Å². The number of benzene rings is 4. The van der Waals surface area contributed by atoms with Crippen LogP contribution in [0.15, 0.2) is 109 Å². The largest absolute Gasteiger partial charge is 0.465 e. The fourth-order valence-corrected chi connectivity index (χ4v) is 4.79. The molecule has 4 aromatic rings. The normalized spacial score (nSPS) is 12.4. The van der Waals surface area contributed by atoms with Gasteiger partial charge in [-0.3, -0.25) is 9.59 Å². The Morgan fingerprint density at radius 1 is 0.646 bits per heavy atom. The highest BCUT2D eigenvalue weighted by Crippen LogP contribution is 2.16. The van der Waals surface area contributed by atoms with Gasteiger partial charge in [0.05, 0.1) is 12.7 Å². The lowest BCUT2D eigenvalue weighted by atomic mass is 10.0. The lowest BCUT2D eigenvalue weighted by molar-refractivity contribution is -0.127. The maximum atomic E-state index is 13.7. The van der Waals surface area contributed by atoms with Crippen molar-refractivity contribution in [2.75, 3.05) is 12.4 Å². The van der Waals surface area contributed by atoms with Gasteiger partial charge in [0.2, 0.25) is 11.8 Å². The van der Waals surface area contributed by atoms with Gasteiger partial charge in [-0.05, 0) is 67.3 Å². The molecule has 0 radical (unpaired) electrons. The molecule has 3 N–H and O–H groups in total. The smallest absolute Gasteiger partial charge is 0.408 e. The van der Waals surface area contributed by atoms with E-state index in [1.807, 2.05) is 97.1 Å². The Labute approximate surface area is 281 Å². The second-order valence-corrected chi connectivity index (χ2v) is 12.2. The molecule has 0 fully saturated rings. The first kappa shape index (κ1) is 35.2. The first-order valence-corrected chi connectivity index (χ1v) is 15.6. The third kappa shape index (κ3) is 11.3. The quantitative estimate of drug-likeness (QED) is 0.120. The maximum Gasteiger partial charge on any atom is 0.408 e. The summed E-state index contributed by atoms with van der Waals surface area (Å²) in [4.78, 5) is 51.7. The summed E-state index contributed by atoms with van der Waals surface area (Å²) in [6.07, 6.45) is 3.54. The Morgan fingerprint density at radius 2 is 1.12 bits per heavy atom. The first-order valence-electron chi connectivity index (χ1n) is 15.6. The average molecular weight is 648 g/mol. The number of rotatable bonds is 12. The van der Waals surface area contributed by atoms with Crippen molar-refractivity contribution in [3.05, 3.63) is 137 Å². The number of anilines is 1. The second-order valence-electron chi connectivity index (χ2n) is 12.2. The Hall–Kier alpha value is -5.70. The van der Waals surface area contributed by atoms with Crippen LogP contribution in [0.4, 0.5) is 10.5 Å². The first-order chi connectivity index (χ1) is 23.0. The standard InChI is InChI=1S/C39H41N3O6/c1-39(2,3)48-38(46)42-34(26-30-13-9-6-10-14-30)36(44)41-33(25-29-11-7-5-8-12-29)35(43)40-32-23-19-28(20-24-32)16-15-27-17-21-31(22-18-27)37(45)47-4/h5-24,33-34H,25-26H2,1-4H3,(H,40,43)(H,41,44)(H,42,46)/b16-15-/t33-,34-/m0/s1. The number of nitrogens with one attached hydrogen (secondary N) is 3. The average Bonchev–Trinajstić information content (AvgIpc) is 3.07. The van der Waals surface area contributed by atoms with Crippen molar-refractivity contribution in [3.63, 3.8) is 0 Å². The van der Waals surface area contributed by atoms with Crippen molar-refractivity contribution < 1.29 is 28.7 Å². The Kier molecular flexibility index (Phi) is 12.3. The molecular weight excluding hydrogens is 606 g/mol. The van der Waals surface area contributed by atoms with Gasteiger partial charge in [-0.25, -0.2) is 9.59 Å². The zero-order valence-electron chi connectivity index (χ0n) is 27.6. The van der Waals surface area contributed by atoms with Gasteiger partial charge in [0.1, 0.15) is 17.7 Å². The van der Waals surface area contributed by atoms with Gasteiger partial charge in [0.25, 0.3) is 0 Å². The fourth-order valence-electron chi connectivity index (χ4n) is 4.79. The number of carbonyl (C=O) groups excluding carboxylic acids is 4. The minimum Gasteiger partial charge on any atom is -0.465 e. The zero-order valence-corrected chi connectivity index (χ0v) is 27.6. The van der Waals surface area contributed by atoms with Crippen LogP contribution in [0.1, 0.15) is 53.4 Å². The SMILES string of the molecule is COC(=O)c1ccc(/C=C\c2ccc(NC(=O)[C@H](Cc3ccccc3)NC(=O)[C@H](Cc3ccccc3)NC(=O)OC(C)(C)C)cc2)cc1. The molecule has 9 heteroatoms. The van der Waals surface area contributed by atoms with E-state index in [2.05, 4.69) is 16.0 Å². The van der Waals surface area contributed by atoms with E-state index in [1.54, 1.807) is 45.0 Å². The number of amides is 3. The van der Waals surface area contributed by atoms with Crippen molar-refractivity contribution >= 4 is 41.7 Å². The Balaban J connectivity index is 1.47. The highest BCUT2D eigenvalue weighted by molar-refractivity contribution is 5.98. The third-order valence-corrected chi connectivity index (χ3v) is 7.18. The minimum atomic E-state index is -0.990. The van der Waals surface area contributed by atoms with Crippen molar-refractivity contribution in [2.24, 2.45) is 0 Å². The lowest BCUT2D eigenvalue weighted by Crippen LogP contribution is -2.54. The van der Waals surface area contributed by atoms with Crippen molar-refractivity contribution in [2.45, 2.75) is 51.3 Å². The summed E-state index contributed by atoms with van der Waals surface area (Å²) in [6.45, 7) is 5.23. The summed E-state index contributed by atoms with van der Waals surface area (Å²) in [7, 11) is 1.34. The van der Waals surface area contributed by atoms with Crippen LogP contribution in [-0.2, 0) is 31.9 Å². The van der Waals surface area contributed by atoms with Gasteiger partial charge in [0.15, 0.2) is 0 Å². The molecule has 0 saturated heterocycles. The van der Waals surface area contributed by atoms with Crippen LogP contribution in [0.5, 0.6) is 0 Å². The molecule has 48 heavy (non-hydrogen) atoms. The summed E-state index contributed by atoms with van der Waals surface area (Å²) >= 11 is 0. The van der Waals surface area contributed by atoms with Gasteiger partial charge >= 0.3 is 12.1 Å². The molecule has 0 bridgehead atoms. The zero-order chi connectivity index (χ0) is 34.5. The number of hydrogen-bond acceptors (Lipinski definition) is 6. The van der Waals surface area contributed by atoms with Crippen LogP contribution in [0.25, 0.3) is 12.2 Å². The molecule has 0 aliphatic carbocycles. The lowest BCUT2D eigenvalue weighted by Gasteiger charge is -2.25. The van der Waals surface area contributed by atoms with Gasteiger partial charge in [-0.1, -0.05) is 97.1 Å². The monoisotopic (exact) mass is 647 g/mol. The summed E-state index contributed by atoms with van der Waals surface area (Å²) in [5, 5.41) is 8.48. The van der Waals surface area contributed by atoms with Crippen molar-refractivity contribution in [1.29, 1.82) is 0 Å². The number of hydrogen-bond donors (Lipinski definition) is 3. The number of methoxy groups -OCH3 is 1. The van der Waals surface area contributed by atoms with Gasteiger partial charge in [-0.2, -0.15) is 0 Å². The molecule has 4 rings (SSSR count). The second kappa shape index (κ2) is 16.7. The highest BCUT2D eigenvalue weighted by Gasteiger charge is 2.29. The molecule has 3 amide bonds. The molecule has 0 heterocycles. The van der Waals surface area contributed by atoms with E-state index in [9.17, 15) is 19.2 Å². The molecule has 9 nitrogen and oxygen atoms in total. The molecule has 2 atom stereocenters. The van der Waals surface area contributed by atoms with E-state index < -0.39 is 41.6 Å². The topological polar surface area (TPSA) is 123 Å². The third-order valence-electron chi connectivity index (χ3n) is 7.18. The summed E-state index contributed by atoms with van der Waals surface area (Å²) in [5.74, 6) is -1.31. The molecule has 0 unspecified atom stereocenters. The predicted octanol–water partition coefficient (Wildman–Crippen LogP) is 6.45. The molecule has 0 spiro atoms.